The van der Waals surface area contributed by atoms with E-state index in [1.54, 1.807) is 0 Å². The van der Waals surface area contributed by atoms with Crippen molar-refractivity contribution >= 4 is 11.7 Å². The molecule has 4 heteroatoms. The molecule has 0 aromatic heterocycles. The standard InChI is InChI=1S/C13H22N2O2/c1-3-17-13(8-6-4-5-7-9-13)12-14-10(2)11(16)15-12/h10H,3-9H2,1-2H3,(H,14,15,16). The molecule has 2 rings (SSSR count). The topological polar surface area (TPSA) is 50.7 Å². The van der Waals surface area contributed by atoms with Gasteiger partial charge in [0.2, 0.25) is 5.91 Å². The minimum Gasteiger partial charge on any atom is -0.367 e. The van der Waals surface area contributed by atoms with E-state index in [-0.39, 0.29) is 17.6 Å². The average Bonchev–Trinajstić information content (AvgIpc) is 2.55. The predicted molar refractivity (Wildman–Crippen MR) is 67.1 cm³/mol. The first-order chi connectivity index (χ1) is 8.18. The van der Waals surface area contributed by atoms with Crippen molar-refractivity contribution in [3.8, 4) is 0 Å². The number of amides is 1. The monoisotopic (exact) mass is 238 g/mol. The van der Waals surface area contributed by atoms with Gasteiger partial charge in [-0.3, -0.25) is 9.79 Å². The Morgan fingerprint density at radius 3 is 2.47 bits per heavy atom. The third kappa shape index (κ3) is 2.51. The second-order valence-electron chi connectivity index (χ2n) is 4.98. The fourth-order valence-corrected chi connectivity index (χ4v) is 2.76. The average molecular weight is 238 g/mol. The van der Waals surface area contributed by atoms with E-state index in [2.05, 4.69) is 10.3 Å². The maximum atomic E-state index is 11.6. The molecule has 96 valence electrons. The molecule has 0 spiro atoms. The molecule has 1 N–H and O–H groups in total. The van der Waals surface area contributed by atoms with Crippen LogP contribution >= 0.6 is 0 Å². The molecule has 4 nitrogen and oxygen atoms in total. The first kappa shape index (κ1) is 12.6. The lowest BCUT2D eigenvalue weighted by atomic mass is 9.92. The number of nitrogens with one attached hydrogen (secondary N) is 1. The fourth-order valence-electron chi connectivity index (χ4n) is 2.76. The molecule has 0 radical (unpaired) electrons. The molecule has 0 aromatic carbocycles. The van der Waals surface area contributed by atoms with Crippen LogP contribution in [-0.4, -0.2) is 30.0 Å². The van der Waals surface area contributed by atoms with Gasteiger partial charge in [-0.15, -0.1) is 0 Å². The van der Waals surface area contributed by atoms with Gasteiger partial charge in [0.1, 0.15) is 17.5 Å². The number of hydrogen-bond acceptors (Lipinski definition) is 3. The Kier molecular flexibility index (Phi) is 3.82. The summed E-state index contributed by atoms with van der Waals surface area (Å²) in [6.45, 7) is 4.51. The lowest BCUT2D eigenvalue weighted by molar-refractivity contribution is -0.119. The van der Waals surface area contributed by atoms with Crippen LogP contribution in [0.4, 0.5) is 0 Å². The molecule has 0 aromatic rings. The minimum absolute atomic E-state index is 0.00308. The van der Waals surface area contributed by atoms with Crippen LogP contribution in [0.15, 0.2) is 4.99 Å². The SMILES string of the molecule is CCOC1(C2=NC(C)C(=O)N2)CCCCCC1. The maximum Gasteiger partial charge on any atom is 0.249 e. The molecule has 1 aliphatic heterocycles. The Morgan fingerprint density at radius 1 is 1.35 bits per heavy atom. The second-order valence-corrected chi connectivity index (χ2v) is 4.98. The molecule has 17 heavy (non-hydrogen) atoms. The third-order valence-corrected chi connectivity index (χ3v) is 3.71. The van der Waals surface area contributed by atoms with Gasteiger partial charge in [-0.05, 0) is 26.7 Å². The van der Waals surface area contributed by atoms with Gasteiger partial charge < -0.3 is 10.1 Å². The quantitative estimate of drug-likeness (QED) is 0.765. The van der Waals surface area contributed by atoms with Crippen molar-refractivity contribution in [3.05, 3.63) is 0 Å². The molecule has 0 saturated heterocycles. The number of amidine groups is 1. The van der Waals surface area contributed by atoms with Crippen LogP contribution in [0.5, 0.6) is 0 Å². The Labute approximate surface area is 103 Å². The van der Waals surface area contributed by atoms with Gasteiger partial charge in [0.15, 0.2) is 0 Å². The zero-order chi connectivity index (χ0) is 12.3. The first-order valence-electron chi connectivity index (χ1n) is 6.71. The molecule has 1 unspecified atom stereocenters. The van der Waals surface area contributed by atoms with E-state index in [0.717, 1.165) is 31.5 Å². The van der Waals surface area contributed by atoms with Gasteiger partial charge in [0.05, 0.1) is 0 Å². The number of aliphatic imine (C=N–C) groups is 1. The molecule has 1 fully saturated rings. The van der Waals surface area contributed by atoms with E-state index in [4.69, 9.17) is 4.74 Å². The summed E-state index contributed by atoms with van der Waals surface area (Å²) in [6.07, 6.45) is 6.78. The van der Waals surface area contributed by atoms with Crippen molar-refractivity contribution in [1.82, 2.24) is 5.32 Å². The number of ether oxygens (including phenoxy) is 1. The maximum absolute atomic E-state index is 11.6. The van der Waals surface area contributed by atoms with E-state index < -0.39 is 0 Å². The van der Waals surface area contributed by atoms with Gasteiger partial charge in [-0.2, -0.15) is 0 Å². The highest BCUT2D eigenvalue weighted by molar-refractivity contribution is 6.09. The lowest BCUT2D eigenvalue weighted by Crippen LogP contribution is -2.48. The lowest BCUT2D eigenvalue weighted by Gasteiger charge is -2.32. The molecule has 2 aliphatic rings. The Bertz CT molecular complexity index is 317. The number of carbonyl (C=O) groups is 1. The highest BCUT2D eigenvalue weighted by atomic mass is 16.5. The highest BCUT2D eigenvalue weighted by Crippen LogP contribution is 2.32. The van der Waals surface area contributed by atoms with Gasteiger partial charge >= 0.3 is 0 Å². The molecular weight excluding hydrogens is 216 g/mol. The van der Waals surface area contributed by atoms with E-state index >= 15 is 0 Å². The minimum atomic E-state index is -0.328. The molecule has 1 heterocycles. The van der Waals surface area contributed by atoms with E-state index in [1.807, 2.05) is 13.8 Å². The zero-order valence-electron chi connectivity index (χ0n) is 10.8. The van der Waals surface area contributed by atoms with Crippen molar-refractivity contribution in [1.29, 1.82) is 0 Å². The van der Waals surface area contributed by atoms with Crippen LogP contribution in [0.3, 0.4) is 0 Å². The summed E-state index contributed by atoms with van der Waals surface area (Å²) in [4.78, 5) is 16.0. The Morgan fingerprint density at radius 2 is 2.00 bits per heavy atom. The van der Waals surface area contributed by atoms with E-state index in [9.17, 15) is 4.79 Å². The number of carbonyl (C=O) groups excluding carboxylic acids is 1. The van der Waals surface area contributed by atoms with Gasteiger partial charge in [0.25, 0.3) is 0 Å². The summed E-state index contributed by atoms with van der Waals surface area (Å²) in [7, 11) is 0. The van der Waals surface area contributed by atoms with Crippen LogP contribution in [-0.2, 0) is 9.53 Å². The van der Waals surface area contributed by atoms with Crippen LogP contribution in [0.1, 0.15) is 52.4 Å². The summed E-state index contributed by atoms with van der Waals surface area (Å²) in [5.74, 6) is 0.780. The van der Waals surface area contributed by atoms with Crippen molar-refractivity contribution in [2.45, 2.75) is 64.0 Å². The van der Waals surface area contributed by atoms with E-state index in [0.29, 0.717) is 6.61 Å². The third-order valence-electron chi connectivity index (χ3n) is 3.71. The zero-order valence-corrected chi connectivity index (χ0v) is 10.8. The molecular formula is C13H22N2O2. The van der Waals surface area contributed by atoms with Crippen LogP contribution in [0, 0.1) is 0 Å². The van der Waals surface area contributed by atoms with Crippen molar-refractivity contribution in [2.24, 2.45) is 4.99 Å². The first-order valence-corrected chi connectivity index (χ1v) is 6.71. The summed E-state index contributed by atoms with van der Waals surface area (Å²) < 4.78 is 5.99. The summed E-state index contributed by atoms with van der Waals surface area (Å²) >= 11 is 0. The summed E-state index contributed by atoms with van der Waals surface area (Å²) in [5.41, 5.74) is -0.328. The molecule has 1 atom stereocenters. The van der Waals surface area contributed by atoms with Gasteiger partial charge in [-0.25, -0.2) is 0 Å². The van der Waals surface area contributed by atoms with Gasteiger partial charge in [-0.1, -0.05) is 25.7 Å². The largest absolute Gasteiger partial charge is 0.367 e. The summed E-state index contributed by atoms with van der Waals surface area (Å²) in [5, 5.41) is 2.91. The smallest absolute Gasteiger partial charge is 0.249 e. The molecule has 1 aliphatic carbocycles. The van der Waals surface area contributed by atoms with Crippen molar-refractivity contribution < 1.29 is 9.53 Å². The van der Waals surface area contributed by atoms with Crippen LogP contribution in [0.25, 0.3) is 0 Å². The van der Waals surface area contributed by atoms with E-state index in [1.165, 1.54) is 12.8 Å². The van der Waals surface area contributed by atoms with Crippen molar-refractivity contribution in [3.63, 3.8) is 0 Å². The van der Waals surface area contributed by atoms with Crippen molar-refractivity contribution in [2.75, 3.05) is 6.61 Å². The highest BCUT2D eigenvalue weighted by Gasteiger charge is 2.41. The second kappa shape index (κ2) is 5.17. The molecule has 0 bridgehead atoms. The summed E-state index contributed by atoms with van der Waals surface area (Å²) in [6, 6.07) is -0.259. The van der Waals surface area contributed by atoms with Crippen LogP contribution in [0.2, 0.25) is 0 Å². The molecule has 1 saturated carbocycles. The van der Waals surface area contributed by atoms with Gasteiger partial charge in [0, 0.05) is 6.61 Å². The Hall–Kier alpha value is -0.900. The fraction of sp³-hybridized carbons (Fsp3) is 0.846. The van der Waals surface area contributed by atoms with Crippen LogP contribution < -0.4 is 5.32 Å². The molecule has 1 amide bonds. The predicted octanol–water partition coefficient (Wildman–Crippen LogP) is 2.03. The Balaban J connectivity index is 2.21. The normalized spacial score (nSPS) is 28.5. The number of hydrogen-bond donors (Lipinski definition) is 1. The number of nitrogens with zero attached hydrogens (tertiary/aromatic N) is 1. The number of rotatable bonds is 3.